The Hall–Kier alpha value is -1.62. The standard InChI is InChI=1S/C25H34O5/c1-14-13-24-10-11-25(30-24)18(8-9-23(5)15(2)6-7-20(23)25)12-19(24)22(29-17(4)27)21(14)28-16(3)26/h8,12,14-15,20-22H,6-7,9-11,13H2,1-5H3. The van der Waals surface area contributed by atoms with Crippen LogP contribution in [0, 0.1) is 23.2 Å². The van der Waals surface area contributed by atoms with Crippen LogP contribution in [0.25, 0.3) is 0 Å². The van der Waals surface area contributed by atoms with Crippen molar-refractivity contribution in [2.75, 3.05) is 0 Å². The highest BCUT2D eigenvalue weighted by molar-refractivity contribution is 5.68. The van der Waals surface area contributed by atoms with Gasteiger partial charge in [-0.1, -0.05) is 32.9 Å². The van der Waals surface area contributed by atoms with E-state index in [1.807, 2.05) is 0 Å². The Labute approximate surface area is 179 Å². The van der Waals surface area contributed by atoms with Crippen LogP contribution in [0.1, 0.15) is 73.1 Å². The summed E-state index contributed by atoms with van der Waals surface area (Å²) in [6.07, 6.45) is 9.88. The van der Waals surface area contributed by atoms with Crippen molar-refractivity contribution in [3.8, 4) is 0 Å². The van der Waals surface area contributed by atoms with Crippen molar-refractivity contribution in [3.05, 3.63) is 23.3 Å². The molecule has 5 heteroatoms. The molecule has 2 saturated carbocycles. The summed E-state index contributed by atoms with van der Waals surface area (Å²) in [5.74, 6) is 0.588. The van der Waals surface area contributed by atoms with Crippen molar-refractivity contribution < 1.29 is 23.8 Å². The van der Waals surface area contributed by atoms with Gasteiger partial charge in [-0.3, -0.25) is 9.59 Å². The second kappa shape index (κ2) is 6.44. The minimum atomic E-state index is -0.581. The summed E-state index contributed by atoms with van der Waals surface area (Å²) in [6, 6.07) is 0. The maximum absolute atomic E-state index is 12.0. The van der Waals surface area contributed by atoms with Crippen LogP contribution in [0.5, 0.6) is 0 Å². The van der Waals surface area contributed by atoms with Crippen LogP contribution in [0.2, 0.25) is 0 Å². The van der Waals surface area contributed by atoms with E-state index >= 15 is 0 Å². The predicted molar refractivity (Wildman–Crippen MR) is 111 cm³/mol. The topological polar surface area (TPSA) is 61.8 Å². The molecule has 0 aromatic heterocycles. The largest absolute Gasteiger partial charge is 0.458 e. The number of hydrogen-bond acceptors (Lipinski definition) is 5. The number of fused-ring (bicyclic) bond motifs is 1. The van der Waals surface area contributed by atoms with Crippen LogP contribution >= 0.6 is 0 Å². The first-order valence-corrected chi connectivity index (χ1v) is 11.6. The predicted octanol–water partition coefficient (Wildman–Crippen LogP) is 4.50. The van der Waals surface area contributed by atoms with E-state index in [4.69, 9.17) is 14.2 Å². The Kier molecular flexibility index (Phi) is 4.36. The fraction of sp³-hybridized carbons (Fsp3) is 0.760. The first-order chi connectivity index (χ1) is 14.1. The van der Waals surface area contributed by atoms with Crippen molar-refractivity contribution in [2.24, 2.45) is 23.2 Å². The van der Waals surface area contributed by atoms with Crippen LogP contribution < -0.4 is 0 Å². The molecule has 164 valence electrons. The van der Waals surface area contributed by atoms with E-state index in [9.17, 15) is 9.59 Å². The monoisotopic (exact) mass is 414 g/mol. The number of rotatable bonds is 2. The van der Waals surface area contributed by atoms with Crippen molar-refractivity contribution in [2.45, 2.75) is 96.6 Å². The van der Waals surface area contributed by atoms with E-state index < -0.39 is 17.8 Å². The zero-order valence-corrected chi connectivity index (χ0v) is 18.8. The molecule has 0 amide bonds. The summed E-state index contributed by atoms with van der Waals surface area (Å²) in [7, 11) is 0. The van der Waals surface area contributed by atoms with E-state index in [0.717, 1.165) is 31.3 Å². The summed E-state index contributed by atoms with van der Waals surface area (Å²) in [5, 5.41) is 0. The van der Waals surface area contributed by atoms with Gasteiger partial charge in [-0.15, -0.1) is 0 Å². The van der Waals surface area contributed by atoms with E-state index in [-0.39, 0.29) is 28.9 Å². The van der Waals surface area contributed by atoms with Crippen LogP contribution in [0.15, 0.2) is 23.3 Å². The molecule has 30 heavy (non-hydrogen) atoms. The van der Waals surface area contributed by atoms with Crippen LogP contribution in [-0.2, 0) is 23.8 Å². The van der Waals surface area contributed by atoms with Gasteiger partial charge in [0.25, 0.3) is 0 Å². The van der Waals surface area contributed by atoms with Gasteiger partial charge in [-0.05, 0) is 61.3 Å². The second-order valence-corrected chi connectivity index (χ2v) is 10.8. The minimum absolute atomic E-state index is 0.0496. The maximum atomic E-state index is 12.0. The minimum Gasteiger partial charge on any atom is -0.458 e. The molecule has 0 aromatic rings. The molecule has 0 N–H and O–H groups in total. The van der Waals surface area contributed by atoms with Crippen molar-refractivity contribution in [1.29, 1.82) is 0 Å². The molecular weight excluding hydrogens is 380 g/mol. The Morgan fingerprint density at radius 1 is 1.10 bits per heavy atom. The van der Waals surface area contributed by atoms with Crippen molar-refractivity contribution >= 4 is 11.9 Å². The van der Waals surface area contributed by atoms with Crippen molar-refractivity contribution in [1.82, 2.24) is 0 Å². The fourth-order valence-electron chi connectivity index (χ4n) is 7.60. The van der Waals surface area contributed by atoms with Gasteiger partial charge in [0.1, 0.15) is 6.10 Å². The van der Waals surface area contributed by atoms with Gasteiger partial charge in [-0.25, -0.2) is 0 Å². The third-order valence-corrected chi connectivity index (χ3v) is 9.15. The lowest BCUT2D eigenvalue weighted by atomic mass is 9.59. The van der Waals surface area contributed by atoms with E-state index in [2.05, 4.69) is 32.9 Å². The van der Waals surface area contributed by atoms with Gasteiger partial charge < -0.3 is 14.2 Å². The van der Waals surface area contributed by atoms with Gasteiger partial charge in [0.15, 0.2) is 6.10 Å². The fourth-order valence-corrected chi connectivity index (χ4v) is 7.60. The van der Waals surface area contributed by atoms with E-state index in [1.54, 1.807) is 0 Å². The molecule has 2 bridgehead atoms. The molecule has 8 unspecified atom stereocenters. The molecule has 5 aliphatic rings. The second-order valence-electron chi connectivity index (χ2n) is 10.8. The molecule has 8 atom stereocenters. The van der Waals surface area contributed by atoms with E-state index in [0.29, 0.717) is 11.8 Å². The Morgan fingerprint density at radius 2 is 1.83 bits per heavy atom. The SMILES string of the molecule is CC(=O)OC1C2=CC3=CCC4(C)C(C)CCC4C34CCC2(CC(C)C1OC(C)=O)O4. The number of hydrogen-bond donors (Lipinski definition) is 0. The van der Waals surface area contributed by atoms with Crippen LogP contribution in [0.4, 0.5) is 0 Å². The lowest BCUT2D eigenvalue weighted by Gasteiger charge is -2.55. The highest BCUT2D eigenvalue weighted by Crippen LogP contribution is 2.68. The average Bonchev–Trinajstić information content (AvgIpc) is 3.13. The molecule has 2 heterocycles. The highest BCUT2D eigenvalue weighted by Gasteiger charge is 2.68. The quantitative estimate of drug-likeness (QED) is 0.623. The average molecular weight is 415 g/mol. The van der Waals surface area contributed by atoms with E-state index in [1.165, 1.54) is 32.3 Å². The maximum Gasteiger partial charge on any atom is 0.303 e. The first-order valence-electron chi connectivity index (χ1n) is 11.6. The normalized spacial score (nSPS) is 48.6. The van der Waals surface area contributed by atoms with Gasteiger partial charge in [0.05, 0.1) is 11.2 Å². The van der Waals surface area contributed by atoms with Crippen LogP contribution in [0.3, 0.4) is 0 Å². The zero-order valence-electron chi connectivity index (χ0n) is 18.8. The molecule has 0 radical (unpaired) electrons. The third-order valence-electron chi connectivity index (χ3n) is 9.15. The Balaban J connectivity index is 1.61. The molecular formula is C25H34O5. The summed E-state index contributed by atoms with van der Waals surface area (Å²) in [4.78, 5) is 23.8. The molecule has 2 spiro atoms. The van der Waals surface area contributed by atoms with Crippen molar-refractivity contribution in [3.63, 3.8) is 0 Å². The molecule has 5 rings (SSSR count). The van der Waals surface area contributed by atoms with Gasteiger partial charge in [0, 0.05) is 25.3 Å². The summed E-state index contributed by atoms with van der Waals surface area (Å²) in [6.45, 7) is 9.77. The molecule has 3 aliphatic carbocycles. The summed E-state index contributed by atoms with van der Waals surface area (Å²) >= 11 is 0. The smallest absolute Gasteiger partial charge is 0.303 e. The lowest BCUT2D eigenvalue weighted by molar-refractivity contribution is -0.190. The number of carbonyl (C=O) groups is 2. The number of ether oxygens (including phenoxy) is 3. The molecule has 5 nitrogen and oxygen atoms in total. The van der Waals surface area contributed by atoms with Gasteiger partial charge in [0.2, 0.25) is 0 Å². The highest BCUT2D eigenvalue weighted by atomic mass is 16.6. The van der Waals surface area contributed by atoms with Crippen LogP contribution in [-0.4, -0.2) is 35.3 Å². The van der Waals surface area contributed by atoms with Gasteiger partial charge in [-0.2, -0.15) is 0 Å². The Morgan fingerprint density at radius 3 is 2.53 bits per heavy atom. The Bertz CT molecular complexity index is 858. The molecule has 3 fully saturated rings. The number of allylic oxidation sites excluding steroid dienone is 1. The number of carbonyl (C=O) groups excluding carboxylic acids is 2. The molecule has 1 saturated heterocycles. The van der Waals surface area contributed by atoms with Gasteiger partial charge >= 0.3 is 11.9 Å². The third kappa shape index (κ3) is 2.57. The lowest BCUT2D eigenvalue weighted by Crippen LogP contribution is -2.59. The molecule has 0 aromatic carbocycles. The summed E-state index contributed by atoms with van der Waals surface area (Å²) < 4.78 is 18.6. The number of esters is 2. The summed E-state index contributed by atoms with van der Waals surface area (Å²) in [5.41, 5.74) is 1.91. The molecule has 2 aliphatic heterocycles. The first kappa shape index (κ1) is 20.3. The zero-order chi connectivity index (χ0) is 21.5.